The van der Waals surface area contributed by atoms with Gasteiger partial charge in [0, 0.05) is 38.2 Å². The number of rotatable bonds is 6. The number of carbonyl (C=O) groups excluding carboxylic acids is 1. The average molecular weight is 367 g/mol. The van der Waals surface area contributed by atoms with Crippen LogP contribution in [0.5, 0.6) is 0 Å². The van der Waals surface area contributed by atoms with E-state index in [-0.39, 0.29) is 17.6 Å². The highest BCUT2D eigenvalue weighted by Gasteiger charge is 2.27. The largest absolute Gasteiger partial charge is 0.333 e. The summed E-state index contributed by atoms with van der Waals surface area (Å²) in [5, 5.41) is 14.3. The second-order valence-corrected chi connectivity index (χ2v) is 6.83. The standard InChI is InChI=1S/C21H25N3O3/c1-2-16-6-9-18(10-7-16)20-15-22-12-13-23(20)21(25)11-8-17-4-3-5-19(14-17)24(26)27/h3-7,9-10,14,20,22H,2,8,11-13,15H2,1H3. The van der Waals surface area contributed by atoms with Crippen LogP contribution < -0.4 is 5.32 Å². The molecular formula is C21H25N3O3. The molecule has 0 saturated carbocycles. The lowest BCUT2D eigenvalue weighted by Gasteiger charge is -2.36. The van der Waals surface area contributed by atoms with Crippen molar-refractivity contribution in [2.24, 2.45) is 0 Å². The van der Waals surface area contributed by atoms with Crippen LogP contribution in [-0.2, 0) is 17.6 Å². The molecule has 142 valence electrons. The van der Waals surface area contributed by atoms with E-state index in [2.05, 4.69) is 36.5 Å². The summed E-state index contributed by atoms with van der Waals surface area (Å²) in [6.45, 7) is 4.33. The number of benzene rings is 2. The Morgan fingerprint density at radius 1 is 1.22 bits per heavy atom. The summed E-state index contributed by atoms with van der Waals surface area (Å²) in [4.78, 5) is 25.3. The predicted octanol–water partition coefficient (Wildman–Crippen LogP) is 3.26. The third-order valence-electron chi connectivity index (χ3n) is 5.09. The zero-order valence-electron chi connectivity index (χ0n) is 15.6. The molecule has 0 radical (unpaired) electrons. The van der Waals surface area contributed by atoms with E-state index in [1.165, 1.54) is 11.6 Å². The summed E-state index contributed by atoms with van der Waals surface area (Å²) in [5.41, 5.74) is 3.31. The minimum atomic E-state index is -0.405. The molecule has 0 aromatic heterocycles. The third-order valence-corrected chi connectivity index (χ3v) is 5.09. The van der Waals surface area contributed by atoms with Gasteiger partial charge < -0.3 is 10.2 Å². The first-order valence-corrected chi connectivity index (χ1v) is 9.41. The van der Waals surface area contributed by atoms with Crippen LogP contribution in [0.25, 0.3) is 0 Å². The highest BCUT2D eigenvalue weighted by Crippen LogP contribution is 2.24. The summed E-state index contributed by atoms with van der Waals surface area (Å²) in [5.74, 6) is 0.0903. The Hall–Kier alpha value is -2.73. The molecule has 2 aromatic rings. The number of non-ortho nitro benzene ring substituents is 1. The molecule has 1 N–H and O–H groups in total. The Balaban J connectivity index is 1.67. The Morgan fingerprint density at radius 2 is 2.00 bits per heavy atom. The van der Waals surface area contributed by atoms with Crippen LogP contribution >= 0.6 is 0 Å². The monoisotopic (exact) mass is 367 g/mol. The number of amides is 1. The maximum Gasteiger partial charge on any atom is 0.269 e. The average Bonchev–Trinajstić information content (AvgIpc) is 2.72. The minimum Gasteiger partial charge on any atom is -0.333 e. The highest BCUT2D eigenvalue weighted by molar-refractivity contribution is 5.77. The predicted molar refractivity (Wildman–Crippen MR) is 105 cm³/mol. The van der Waals surface area contributed by atoms with E-state index >= 15 is 0 Å². The molecule has 1 aliphatic heterocycles. The molecule has 3 rings (SSSR count). The van der Waals surface area contributed by atoms with Crippen LogP contribution in [0, 0.1) is 10.1 Å². The fourth-order valence-corrected chi connectivity index (χ4v) is 3.50. The van der Waals surface area contributed by atoms with Gasteiger partial charge in [-0.3, -0.25) is 14.9 Å². The Bertz CT molecular complexity index is 805. The Kier molecular flexibility index (Phi) is 6.19. The molecular weight excluding hydrogens is 342 g/mol. The van der Waals surface area contributed by atoms with Gasteiger partial charge >= 0.3 is 0 Å². The van der Waals surface area contributed by atoms with Crippen LogP contribution in [0.2, 0.25) is 0 Å². The van der Waals surface area contributed by atoms with Crippen molar-refractivity contribution in [3.63, 3.8) is 0 Å². The van der Waals surface area contributed by atoms with Gasteiger partial charge in [-0.25, -0.2) is 0 Å². The zero-order chi connectivity index (χ0) is 19.2. The molecule has 2 aromatic carbocycles. The van der Waals surface area contributed by atoms with Crippen molar-refractivity contribution in [2.45, 2.75) is 32.2 Å². The molecule has 27 heavy (non-hydrogen) atoms. The van der Waals surface area contributed by atoms with Gasteiger partial charge in [0.1, 0.15) is 0 Å². The summed E-state index contributed by atoms with van der Waals surface area (Å²) >= 11 is 0. The lowest BCUT2D eigenvalue weighted by atomic mass is 10.00. The number of piperazine rings is 1. The van der Waals surface area contributed by atoms with E-state index in [4.69, 9.17) is 0 Å². The van der Waals surface area contributed by atoms with Gasteiger partial charge in [0.2, 0.25) is 5.91 Å². The minimum absolute atomic E-state index is 0.0299. The van der Waals surface area contributed by atoms with Crippen molar-refractivity contribution in [1.29, 1.82) is 0 Å². The number of hydrogen-bond acceptors (Lipinski definition) is 4. The summed E-state index contributed by atoms with van der Waals surface area (Å²) in [6.07, 6.45) is 1.85. The normalized spacial score (nSPS) is 16.9. The maximum atomic E-state index is 12.9. The van der Waals surface area contributed by atoms with Crippen LogP contribution in [0.3, 0.4) is 0 Å². The van der Waals surface area contributed by atoms with Gasteiger partial charge in [-0.15, -0.1) is 0 Å². The van der Waals surface area contributed by atoms with E-state index < -0.39 is 4.92 Å². The topological polar surface area (TPSA) is 75.5 Å². The number of aryl methyl sites for hydroxylation is 2. The van der Waals surface area contributed by atoms with Gasteiger partial charge in [-0.05, 0) is 29.5 Å². The fourth-order valence-electron chi connectivity index (χ4n) is 3.50. The molecule has 6 heteroatoms. The van der Waals surface area contributed by atoms with E-state index in [1.54, 1.807) is 12.1 Å². The molecule has 1 heterocycles. The summed E-state index contributed by atoms with van der Waals surface area (Å²) in [6, 6.07) is 15.0. The Morgan fingerprint density at radius 3 is 2.70 bits per heavy atom. The van der Waals surface area contributed by atoms with E-state index in [9.17, 15) is 14.9 Å². The molecule has 1 amide bonds. The first-order valence-electron chi connectivity index (χ1n) is 9.41. The SMILES string of the molecule is CCc1ccc(C2CNCCN2C(=O)CCc2cccc([N+](=O)[O-])c2)cc1. The van der Waals surface area contributed by atoms with Crippen molar-refractivity contribution in [1.82, 2.24) is 10.2 Å². The number of nitro benzene ring substituents is 1. The van der Waals surface area contributed by atoms with Gasteiger partial charge in [0.25, 0.3) is 5.69 Å². The molecule has 1 fully saturated rings. The van der Waals surface area contributed by atoms with Crippen molar-refractivity contribution < 1.29 is 9.72 Å². The number of nitrogens with zero attached hydrogens (tertiary/aromatic N) is 2. The van der Waals surface area contributed by atoms with Crippen molar-refractivity contribution in [2.75, 3.05) is 19.6 Å². The zero-order valence-corrected chi connectivity index (χ0v) is 15.6. The quantitative estimate of drug-likeness (QED) is 0.628. The van der Waals surface area contributed by atoms with Gasteiger partial charge in [-0.2, -0.15) is 0 Å². The summed E-state index contributed by atoms with van der Waals surface area (Å²) in [7, 11) is 0. The number of carbonyl (C=O) groups is 1. The van der Waals surface area contributed by atoms with Crippen molar-refractivity contribution in [3.05, 3.63) is 75.3 Å². The lowest BCUT2D eigenvalue weighted by Crippen LogP contribution is -2.48. The van der Waals surface area contributed by atoms with Crippen molar-refractivity contribution in [3.8, 4) is 0 Å². The van der Waals surface area contributed by atoms with Gasteiger partial charge in [0.15, 0.2) is 0 Å². The molecule has 1 atom stereocenters. The van der Waals surface area contributed by atoms with E-state index in [0.717, 1.165) is 30.6 Å². The molecule has 0 bridgehead atoms. The summed E-state index contributed by atoms with van der Waals surface area (Å²) < 4.78 is 0. The van der Waals surface area contributed by atoms with Crippen LogP contribution in [0.15, 0.2) is 48.5 Å². The highest BCUT2D eigenvalue weighted by atomic mass is 16.6. The first kappa shape index (κ1) is 19.0. The van der Waals surface area contributed by atoms with Crippen molar-refractivity contribution >= 4 is 11.6 Å². The molecule has 1 saturated heterocycles. The number of hydrogen-bond donors (Lipinski definition) is 1. The second kappa shape index (κ2) is 8.77. The van der Waals surface area contributed by atoms with Crippen LogP contribution in [0.4, 0.5) is 5.69 Å². The Labute approximate surface area is 159 Å². The van der Waals surface area contributed by atoms with E-state index in [1.807, 2.05) is 11.0 Å². The smallest absolute Gasteiger partial charge is 0.269 e. The third kappa shape index (κ3) is 4.71. The molecule has 0 spiro atoms. The van der Waals surface area contributed by atoms with Gasteiger partial charge in [-0.1, -0.05) is 43.3 Å². The first-order chi connectivity index (χ1) is 13.1. The van der Waals surface area contributed by atoms with E-state index in [0.29, 0.717) is 19.4 Å². The lowest BCUT2D eigenvalue weighted by molar-refractivity contribution is -0.384. The molecule has 0 aliphatic carbocycles. The van der Waals surface area contributed by atoms with Crippen LogP contribution in [-0.4, -0.2) is 35.4 Å². The number of nitrogens with one attached hydrogen (secondary N) is 1. The molecule has 1 unspecified atom stereocenters. The molecule has 1 aliphatic rings. The number of nitro groups is 1. The molecule has 6 nitrogen and oxygen atoms in total. The van der Waals surface area contributed by atoms with Gasteiger partial charge in [0.05, 0.1) is 11.0 Å². The maximum absolute atomic E-state index is 12.9. The second-order valence-electron chi connectivity index (χ2n) is 6.83. The van der Waals surface area contributed by atoms with Crippen LogP contribution in [0.1, 0.15) is 36.1 Å². The fraction of sp³-hybridized carbons (Fsp3) is 0.381.